The number of unbranched alkanes of at least 4 members (excludes halogenated alkanes) is 7. The van der Waals surface area contributed by atoms with E-state index in [1.54, 1.807) is 0 Å². The highest BCUT2D eigenvalue weighted by Gasteiger charge is 2.20. The van der Waals surface area contributed by atoms with Crippen LogP contribution in [0.2, 0.25) is 0 Å². The van der Waals surface area contributed by atoms with Gasteiger partial charge in [0.25, 0.3) is 0 Å². The molecule has 1 atom stereocenters. The van der Waals surface area contributed by atoms with E-state index in [4.69, 9.17) is 10.2 Å². The fourth-order valence-electron chi connectivity index (χ4n) is 2.45. The highest BCUT2D eigenvalue weighted by molar-refractivity contribution is 5.87. The number of nitrogens with one attached hydrogen (secondary N) is 3. The topological polar surface area (TPSA) is 145 Å². The number of carboxylic acids is 2. The summed E-state index contributed by atoms with van der Waals surface area (Å²) in [7, 11) is 0. The molecule has 0 unspecified atom stereocenters. The Labute approximate surface area is 160 Å². The zero-order chi connectivity index (χ0) is 20.5. The molecule has 0 saturated heterocycles. The minimum atomic E-state index is -1.32. The Balaban J connectivity index is 3.76. The van der Waals surface area contributed by atoms with Gasteiger partial charge >= 0.3 is 18.0 Å². The Bertz CT molecular complexity index is 470. The molecule has 0 aliphatic heterocycles. The summed E-state index contributed by atoms with van der Waals surface area (Å²) in [5.74, 6) is -3.15. The average Bonchev–Trinajstić information content (AvgIpc) is 2.61. The summed E-state index contributed by atoms with van der Waals surface area (Å²) in [6.45, 7) is 2.32. The van der Waals surface area contributed by atoms with Gasteiger partial charge < -0.3 is 26.2 Å². The quantitative estimate of drug-likeness (QED) is 0.256. The summed E-state index contributed by atoms with van der Waals surface area (Å²) < 4.78 is 0. The Morgan fingerprint density at radius 1 is 0.852 bits per heavy atom. The minimum Gasteiger partial charge on any atom is -0.481 e. The molecule has 0 rings (SSSR count). The van der Waals surface area contributed by atoms with Gasteiger partial charge in [-0.1, -0.05) is 51.9 Å². The standard InChI is InChI=1S/C18H33N3O6/c1-2-3-4-5-6-7-8-9-12-19-18(27)20-13-15(22)21-14(17(25)26)10-11-16(23)24/h14H,2-13H2,1H3,(H,21,22)(H,23,24)(H,25,26)(H2,19,20,27)/t14-/m0/s1. The summed E-state index contributed by atoms with van der Waals surface area (Å²) in [6, 6.07) is -1.79. The van der Waals surface area contributed by atoms with Crippen LogP contribution in [0.1, 0.15) is 71.1 Å². The molecule has 9 nitrogen and oxygen atoms in total. The number of urea groups is 1. The SMILES string of the molecule is CCCCCCCCCCNC(=O)NCC(=O)N[C@@H](CCC(=O)O)C(=O)O. The van der Waals surface area contributed by atoms with Crippen molar-refractivity contribution in [2.45, 2.75) is 77.2 Å². The van der Waals surface area contributed by atoms with E-state index in [1.807, 2.05) is 0 Å². The maximum atomic E-state index is 11.7. The van der Waals surface area contributed by atoms with Crippen LogP contribution in [0.25, 0.3) is 0 Å². The third kappa shape index (κ3) is 15.6. The first-order valence-corrected chi connectivity index (χ1v) is 9.62. The Kier molecular flexibility index (Phi) is 14.5. The monoisotopic (exact) mass is 387 g/mol. The Morgan fingerprint density at radius 3 is 2.00 bits per heavy atom. The first-order valence-electron chi connectivity index (χ1n) is 9.62. The lowest BCUT2D eigenvalue weighted by Gasteiger charge is -2.14. The smallest absolute Gasteiger partial charge is 0.326 e. The first kappa shape index (κ1) is 24.7. The lowest BCUT2D eigenvalue weighted by molar-refractivity contribution is -0.142. The molecule has 0 heterocycles. The largest absolute Gasteiger partial charge is 0.481 e. The van der Waals surface area contributed by atoms with Crippen LogP contribution >= 0.6 is 0 Å². The summed E-state index contributed by atoms with van der Waals surface area (Å²) in [5.41, 5.74) is 0. The zero-order valence-electron chi connectivity index (χ0n) is 16.1. The molecule has 0 aromatic carbocycles. The van der Waals surface area contributed by atoms with Crippen LogP contribution in [0, 0.1) is 0 Å². The van der Waals surface area contributed by atoms with E-state index >= 15 is 0 Å². The van der Waals surface area contributed by atoms with Gasteiger partial charge in [-0.3, -0.25) is 9.59 Å². The predicted octanol–water partition coefficient (Wildman–Crippen LogP) is 1.86. The Morgan fingerprint density at radius 2 is 1.44 bits per heavy atom. The van der Waals surface area contributed by atoms with E-state index < -0.39 is 29.9 Å². The van der Waals surface area contributed by atoms with Crippen LogP contribution in [0.15, 0.2) is 0 Å². The predicted molar refractivity (Wildman–Crippen MR) is 100 cm³/mol. The van der Waals surface area contributed by atoms with E-state index in [0.717, 1.165) is 19.3 Å². The van der Waals surface area contributed by atoms with Crippen LogP contribution in [0.3, 0.4) is 0 Å². The highest BCUT2D eigenvalue weighted by atomic mass is 16.4. The number of hydrogen-bond acceptors (Lipinski definition) is 4. The average molecular weight is 387 g/mol. The van der Waals surface area contributed by atoms with Crippen LogP contribution in [0.4, 0.5) is 4.79 Å². The number of carboxylic acid groups (broad SMARTS) is 2. The number of carbonyl (C=O) groups is 4. The summed E-state index contributed by atoms with van der Waals surface area (Å²) in [4.78, 5) is 44.7. The highest BCUT2D eigenvalue weighted by Crippen LogP contribution is 2.07. The van der Waals surface area contributed by atoms with Gasteiger partial charge in [-0.15, -0.1) is 0 Å². The second-order valence-electron chi connectivity index (χ2n) is 6.48. The van der Waals surface area contributed by atoms with Crippen molar-refractivity contribution in [3.8, 4) is 0 Å². The zero-order valence-corrected chi connectivity index (χ0v) is 16.1. The van der Waals surface area contributed by atoms with Crippen LogP contribution < -0.4 is 16.0 Å². The van der Waals surface area contributed by atoms with Crippen molar-refractivity contribution >= 4 is 23.9 Å². The molecule has 0 aromatic rings. The van der Waals surface area contributed by atoms with Crippen molar-refractivity contribution in [3.05, 3.63) is 0 Å². The molecule has 5 N–H and O–H groups in total. The van der Waals surface area contributed by atoms with Gasteiger partial charge in [0.1, 0.15) is 6.04 Å². The number of amides is 3. The fraction of sp³-hybridized carbons (Fsp3) is 0.778. The van der Waals surface area contributed by atoms with Crippen LogP contribution in [-0.4, -0.2) is 53.2 Å². The van der Waals surface area contributed by atoms with E-state index in [9.17, 15) is 19.2 Å². The maximum absolute atomic E-state index is 11.7. The second kappa shape index (κ2) is 15.9. The van der Waals surface area contributed by atoms with Gasteiger partial charge in [0.05, 0.1) is 6.54 Å². The maximum Gasteiger partial charge on any atom is 0.326 e. The van der Waals surface area contributed by atoms with Crippen molar-refractivity contribution < 1.29 is 29.4 Å². The molecule has 27 heavy (non-hydrogen) atoms. The molecule has 0 fully saturated rings. The molecule has 156 valence electrons. The first-order chi connectivity index (χ1) is 12.9. The van der Waals surface area contributed by atoms with Crippen molar-refractivity contribution in [1.82, 2.24) is 16.0 Å². The Hall–Kier alpha value is -2.32. The lowest BCUT2D eigenvalue weighted by Crippen LogP contribution is -2.47. The number of rotatable bonds is 16. The summed E-state index contributed by atoms with van der Waals surface area (Å²) in [6.07, 6.45) is 8.70. The third-order valence-corrected chi connectivity index (χ3v) is 4.01. The van der Waals surface area contributed by atoms with Gasteiger partial charge in [0, 0.05) is 13.0 Å². The number of hydrogen-bond donors (Lipinski definition) is 5. The normalized spacial score (nSPS) is 11.4. The van der Waals surface area contributed by atoms with E-state index in [0.29, 0.717) is 6.54 Å². The molecule has 0 aromatic heterocycles. The van der Waals surface area contributed by atoms with Gasteiger partial charge in [-0.25, -0.2) is 9.59 Å². The van der Waals surface area contributed by atoms with E-state index in [-0.39, 0.29) is 19.4 Å². The molecule has 0 bridgehead atoms. The van der Waals surface area contributed by atoms with E-state index in [1.165, 1.54) is 32.1 Å². The number of aliphatic carboxylic acids is 2. The number of carbonyl (C=O) groups excluding carboxylic acids is 2. The molecule has 0 radical (unpaired) electrons. The lowest BCUT2D eigenvalue weighted by atomic mass is 10.1. The van der Waals surface area contributed by atoms with Crippen molar-refractivity contribution in [1.29, 1.82) is 0 Å². The molecule has 3 amide bonds. The van der Waals surface area contributed by atoms with Gasteiger partial charge in [-0.2, -0.15) is 0 Å². The van der Waals surface area contributed by atoms with Crippen LogP contribution in [-0.2, 0) is 14.4 Å². The summed E-state index contributed by atoms with van der Waals surface area (Å²) >= 11 is 0. The third-order valence-electron chi connectivity index (χ3n) is 4.01. The molecule has 0 saturated carbocycles. The molecule has 0 spiro atoms. The van der Waals surface area contributed by atoms with Crippen LogP contribution in [0.5, 0.6) is 0 Å². The van der Waals surface area contributed by atoms with Crippen molar-refractivity contribution in [3.63, 3.8) is 0 Å². The second-order valence-corrected chi connectivity index (χ2v) is 6.48. The molecular weight excluding hydrogens is 354 g/mol. The van der Waals surface area contributed by atoms with Crippen molar-refractivity contribution in [2.75, 3.05) is 13.1 Å². The molecule has 0 aliphatic carbocycles. The van der Waals surface area contributed by atoms with Gasteiger partial charge in [0.15, 0.2) is 0 Å². The molecular formula is C18H33N3O6. The fourth-order valence-corrected chi connectivity index (χ4v) is 2.45. The van der Waals surface area contributed by atoms with E-state index in [2.05, 4.69) is 22.9 Å². The van der Waals surface area contributed by atoms with Crippen molar-refractivity contribution in [2.24, 2.45) is 0 Å². The summed E-state index contributed by atoms with van der Waals surface area (Å²) in [5, 5.41) is 24.7. The van der Waals surface area contributed by atoms with Gasteiger partial charge in [0.2, 0.25) is 5.91 Å². The van der Waals surface area contributed by atoms with Gasteiger partial charge in [-0.05, 0) is 12.8 Å². The molecule has 9 heteroatoms. The molecule has 0 aliphatic rings. The minimum absolute atomic E-state index is 0.221.